The topological polar surface area (TPSA) is 24.5 Å². The summed E-state index contributed by atoms with van der Waals surface area (Å²) in [4.78, 5) is 2.51. The maximum absolute atomic E-state index is 6.53. The zero-order chi connectivity index (χ0) is 13.9. The van der Waals surface area contributed by atoms with Crippen LogP contribution in [0.3, 0.4) is 0 Å². The van der Waals surface area contributed by atoms with E-state index in [9.17, 15) is 0 Å². The van der Waals surface area contributed by atoms with Gasteiger partial charge in [0.15, 0.2) is 0 Å². The monoisotopic (exact) mass is 294 g/mol. The third-order valence-electron chi connectivity index (χ3n) is 4.48. The van der Waals surface area contributed by atoms with E-state index in [2.05, 4.69) is 16.3 Å². The van der Waals surface area contributed by atoms with Crippen molar-refractivity contribution in [1.82, 2.24) is 10.2 Å². The third kappa shape index (κ3) is 2.80. The van der Waals surface area contributed by atoms with Crippen molar-refractivity contribution in [2.24, 2.45) is 0 Å². The molecule has 2 aliphatic rings. The van der Waals surface area contributed by atoms with Gasteiger partial charge in [0.05, 0.1) is 12.1 Å². The number of aryl methyl sites for hydroxylation is 1. The molecule has 0 bridgehead atoms. The summed E-state index contributed by atoms with van der Waals surface area (Å²) in [6.45, 7) is 5.57. The Kier molecular flexibility index (Phi) is 4.49. The fraction of sp³-hybridized carbons (Fsp3) is 0.625. The summed E-state index contributed by atoms with van der Waals surface area (Å²) in [5.74, 6) is 0.905. The first-order chi connectivity index (χ1) is 9.79. The second kappa shape index (κ2) is 6.33. The van der Waals surface area contributed by atoms with Crippen LogP contribution < -0.4 is 10.1 Å². The zero-order valence-electron chi connectivity index (χ0n) is 12.2. The Balaban J connectivity index is 1.76. The fourth-order valence-corrected chi connectivity index (χ4v) is 3.77. The lowest BCUT2D eigenvalue weighted by Crippen LogP contribution is -2.44. The second-order valence-electron chi connectivity index (χ2n) is 5.72. The van der Waals surface area contributed by atoms with E-state index in [1.54, 1.807) is 7.11 Å². The van der Waals surface area contributed by atoms with E-state index >= 15 is 0 Å². The van der Waals surface area contributed by atoms with Crippen LogP contribution in [0.1, 0.15) is 23.1 Å². The van der Waals surface area contributed by atoms with Gasteiger partial charge in [0.2, 0.25) is 0 Å². The summed E-state index contributed by atoms with van der Waals surface area (Å²) in [6, 6.07) is 2.33. The smallest absolute Gasteiger partial charge is 0.140 e. The van der Waals surface area contributed by atoms with E-state index in [1.165, 1.54) is 29.5 Å². The van der Waals surface area contributed by atoms with Crippen LogP contribution in [-0.2, 0) is 19.3 Å². The lowest BCUT2D eigenvalue weighted by atomic mass is 10.0. The number of ether oxygens (including phenoxy) is 1. The van der Waals surface area contributed by atoms with Gasteiger partial charge >= 0.3 is 0 Å². The van der Waals surface area contributed by atoms with Gasteiger partial charge in [-0.3, -0.25) is 0 Å². The number of nitrogens with zero attached hydrogens (tertiary/aromatic N) is 1. The van der Waals surface area contributed by atoms with E-state index in [4.69, 9.17) is 16.3 Å². The van der Waals surface area contributed by atoms with Gasteiger partial charge in [0.25, 0.3) is 0 Å². The van der Waals surface area contributed by atoms with Gasteiger partial charge in [-0.05, 0) is 42.4 Å². The van der Waals surface area contributed by atoms with E-state index in [-0.39, 0.29) is 0 Å². The van der Waals surface area contributed by atoms with Gasteiger partial charge in [0.1, 0.15) is 5.75 Å². The molecule has 4 heteroatoms. The molecule has 0 amide bonds. The quantitative estimate of drug-likeness (QED) is 0.922. The molecule has 1 N–H and O–H groups in total. The molecule has 0 unspecified atom stereocenters. The number of benzene rings is 1. The average molecular weight is 295 g/mol. The molecule has 20 heavy (non-hydrogen) atoms. The predicted octanol–water partition coefficient (Wildman–Crippen LogP) is 2.29. The molecule has 1 aliphatic carbocycles. The molecule has 3 rings (SSSR count). The summed E-state index contributed by atoms with van der Waals surface area (Å²) < 4.78 is 5.58. The van der Waals surface area contributed by atoms with E-state index < -0.39 is 0 Å². The number of fused-ring (bicyclic) bond motifs is 1. The van der Waals surface area contributed by atoms with Gasteiger partial charge in [-0.15, -0.1) is 0 Å². The maximum atomic E-state index is 6.53. The molecule has 1 aliphatic heterocycles. The molecule has 0 saturated carbocycles. The van der Waals surface area contributed by atoms with Crippen LogP contribution in [0.2, 0.25) is 5.02 Å². The summed E-state index contributed by atoms with van der Waals surface area (Å²) in [5.41, 5.74) is 4.03. The van der Waals surface area contributed by atoms with Crippen molar-refractivity contribution in [3.05, 3.63) is 27.8 Å². The van der Waals surface area contributed by atoms with Crippen molar-refractivity contribution in [2.45, 2.75) is 25.7 Å². The van der Waals surface area contributed by atoms with E-state index in [0.717, 1.165) is 56.3 Å². The van der Waals surface area contributed by atoms with Crippen LogP contribution in [0.15, 0.2) is 6.07 Å². The van der Waals surface area contributed by atoms with Crippen molar-refractivity contribution >= 4 is 11.6 Å². The van der Waals surface area contributed by atoms with Crippen molar-refractivity contribution in [3.63, 3.8) is 0 Å². The van der Waals surface area contributed by atoms with Crippen molar-refractivity contribution in [2.75, 3.05) is 39.8 Å². The third-order valence-corrected chi connectivity index (χ3v) is 4.88. The summed E-state index contributed by atoms with van der Waals surface area (Å²) in [7, 11) is 1.73. The predicted molar refractivity (Wildman–Crippen MR) is 83.0 cm³/mol. The van der Waals surface area contributed by atoms with Gasteiger partial charge in [-0.25, -0.2) is 0 Å². The lowest BCUT2D eigenvalue weighted by Gasteiger charge is -2.27. The molecule has 1 aromatic rings. The van der Waals surface area contributed by atoms with Crippen LogP contribution in [0, 0.1) is 0 Å². The minimum Gasteiger partial charge on any atom is -0.495 e. The largest absolute Gasteiger partial charge is 0.495 e. The van der Waals surface area contributed by atoms with Crippen LogP contribution in [0.25, 0.3) is 0 Å². The molecule has 1 fully saturated rings. The fourth-order valence-electron chi connectivity index (χ4n) is 3.35. The Morgan fingerprint density at radius 2 is 2.10 bits per heavy atom. The van der Waals surface area contributed by atoms with E-state index in [1.807, 2.05) is 0 Å². The van der Waals surface area contributed by atoms with Gasteiger partial charge in [0, 0.05) is 32.7 Å². The number of rotatable bonds is 4. The first-order valence-corrected chi connectivity index (χ1v) is 7.97. The molecule has 1 aromatic carbocycles. The van der Waals surface area contributed by atoms with Crippen LogP contribution >= 0.6 is 11.6 Å². The van der Waals surface area contributed by atoms with Crippen LogP contribution in [0.4, 0.5) is 0 Å². The molecular formula is C16H23ClN2O. The van der Waals surface area contributed by atoms with Crippen molar-refractivity contribution < 1.29 is 4.74 Å². The van der Waals surface area contributed by atoms with Crippen molar-refractivity contribution in [1.29, 1.82) is 0 Å². The summed E-state index contributed by atoms with van der Waals surface area (Å²) >= 11 is 6.53. The molecule has 1 saturated heterocycles. The van der Waals surface area contributed by atoms with Crippen LogP contribution in [-0.4, -0.2) is 44.7 Å². The normalized spacial score (nSPS) is 19.1. The zero-order valence-corrected chi connectivity index (χ0v) is 12.9. The lowest BCUT2D eigenvalue weighted by molar-refractivity contribution is 0.243. The Morgan fingerprint density at radius 1 is 1.30 bits per heavy atom. The highest BCUT2D eigenvalue weighted by molar-refractivity contribution is 6.33. The first-order valence-electron chi connectivity index (χ1n) is 7.60. The molecular weight excluding hydrogens is 272 g/mol. The molecule has 0 spiro atoms. The highest BCUT2D eigenvalue weighted by Gasteiger charge is 2.21. The summed E-state index contributed by atoms with van der Waals surface area (Å²) in [6.07, 6.45) is 4.51. The summed E-state index contributed by atoms with van der Waals surface area (Å²) in [5, 5.41) is 4.25. The first kappa shape index (κ1) is 14.2. The van der Waals surface area contributed by atoms with Crippen LogP contribution in [0.5, 0.6) is 5.75 Å². The number of hydrogen-bond acceptors (Lipinski definition) is 3. The highest BCUT2D eigenvalue weighted by Crippen LogP contribution is 2.39. The molecule has 0 radical (unpaired) electrons. The van der Waals surface area contributed by atoms with Gasteiger partial charge < -0.3 is 15.0 Å². The maximum Gasteiger partial charge on any atom is 0.140 e. The number of piperazine rings is 1. The molecule has 110 valence electrons. The molecule has 0 atom stereocenters. The molecule has 0 aromatic heterocycles. The minimum atomic E-state index is 0.859. The number of halogens is 1. The standard InChI is InChI=1S/C16H23ClN2O/c1-20-16-13(5-8-19-9-6-18-7-10-19)11-12-3-2-4-14(12)15(16)17/h11,18H,2-10H2,1H3. The molecule has 1 heterocycles. The number of methoxy groups -OCH3 is 1. The second-order valence-corrected chi connectivity index (χ2v) is 6.09. The average Bonchev–Trinajstić information content (AvgIpc) is 2.95. The van der Waals surface area contributed by atoms with Gasteiger partial charge in [-0.2, -0.15) is 0 Å². The Morgan fingerprint density at radius 3 is 2.85 bits per heavy atom. The Labute approximate surface area is 126 Å². The Hall–Kier alpha value is -0.770. The van der Waals surface area contributed by atoms with E-state index in [0.29, 0.717) is 0 Å². The number of nitrogens with one attached hydrogen (secondary N) is 1. The van der Waals surface area contributed by atoms with Gasteiger partial charge in [-0.1, -0.05) is 17.7 Å². The van der Waals surface area contributed by atoms with Crippen molar-refractivity contribution in [3.8, 4) is 5.75 Å². The minimum absolute atomic E-state index is 0.859. The SMILES string of the molecule is COc1c(CCN2CCNCC2)cc2c(c1Cl)CCC2. The molecule has 3 nitrogen and oxygen atoms in total. The Bertz CT molecular complexity index is 484. The highest BCUT2D eigenvalue weighted by atomic mass is 35.5. The number of hydrogen-bond donors (Lipinski definition) is 1.